The molecule has 0 spiro atoms. The molecule has 1 amide bonds. The summed E-state index contributed by atoms with van der Waals surface area (Å²) in [6, 6.07) is 13.3. The number of benzene rings is 2. The number of aliphatic hydroxyl groups excluding tert-OH is 1. The van der Waals surface area contributed by atoms with Crippen LogP contribution in [-0.4, -0.2) is 22.1 Å². The molecule has 2 aromatic rings. The SMILES string of the molecule is O=C(Cc1ccccc1C(=O)O)Nc1cccc(CO)c1. The van der Waals surface area contributed by atoms with Crippen molar-refractivity contribution in [3.05, 3.63) is 65.2 Å². The summed E-state index contributed by atoms with van der Waals surface area (Å²) in [6.45, 7) is -0.106. The van der Waals surface area contributed by atoms with E-state index in [4.69, 9.17) is 10.2 Å². The summed E-state index contributed by atoms with van der Waals surface area (Å²) < 4.78 is 0. The summed E-state index contributed by atoms with van der Waals surface area (Å²) in [6.07, 6.45) is -0.0220. The fraction of sp³-hybridized carbons (Fsp3) is 0.125. The van der Waals surface area contributed by atoms with Crippen LogP contribution in [0.15, 0.2) is 48.5 Å². The van der Waals surface area contributed by atoms with Crippen LogP contribution in [0.2, 0.25) is 0 Å². The molecule has 5 heteroatoms. The normalized spacial score (nSPS) is 10.1. The molecule has 0 aromatic heterocycles. The first-order valence-electron chi connectivity index (χ1n) is 6.41. The average Bonchev–Trinajstić information content (AvgIpc) is 2.47. The zero-order valence-corrected chi connectivity index (χ0v) is 11.2. The quantitative estimate of drug-likeness (QED) is 0.784. The molecule has 0 unspecified atom stereocenters. The van der Waals surface area contributed by atoms with Crippen molar-refractivity contribution < 1.29 is 19.8 Å². The zero-order valence-electron chi connectivity index (χ0n) is 11.2. The monoisotopic (exact) mass is 285 g/mol. The molecule has 0 heterocycles. The second-order valence-corrected chi connectivity index (χ2v) is 4.55. The van der Waals surface area contributed by atoms with Crippen LogP contribution in [0.1, 0.15) is 21.5 Å². The number of aromatic carboxylic acids is 1. The molecular formula is C16H15NO4. The number of carboxylic acids is 1. The van der Waals surface area contributed by atoms with E-state index in [1.165, 1.54) is 6.07 Å². The number of anilines is 1. The predicted octanol–water partition coefficient (Wildman–Crippen LogP) is 2.06. The fourth-order valence-corrected chi connectivity index (χ4v) is 2.01. The maximum absolute atomic E-state index is 12.0. The molecule has 2 aromatic carbocycles. The number of hydrogen-bond donors (Lipinski definition) is 3. The summed E-state index contributed by atoms with van der Waals surface area (Å²) in [7, 11) is 0. The number of hydrogen-bond acceptors (Lipinski definition) is 3. The molecule has 0 aliphatic carbocycles. The van der Waals surface area contributed by atoms with Crippen molar-refractivity contribution in [1.29, 1.82) is 0 Å². The third kappa shape index (κ3) is 3.90. The zero-order chi connectivity index (χ0) is 15.2. The van der Waals surface area contributed by atoms with Crippen molar-refractivity contribution in [2.45, 2.75) is 13.0 Å². The van der Waals surface area contributed by atoms with E-state index in [2.05, 4.69) is 5.32 Å². The molecule has 3 N–H and O–H groups in total. The van der Waals surface area contributed by atoms with Crippen LogP contribution in [-0.2, 0) is 17.8 Å². The van der Waals surface area contributed by atoms with Gasteiger partial charge in [-0.3, -0.25) is 4.79 Å². The van der Waals surface area contributed by atoms with E-state index in [9.17, 15) is 9.59 Å². The van der Waals surface area contributed by atoms with Gasteiger partial charge in [0.05, 0.1) is 18.6 Å². The van der Waals surface area contributed by atoms with Crippen LogP contribution in [0.4, 0.5) is 5.69 Å². The summed E-state index contributed by atoms with van der Waals surface area (Å²) in [5, 5.41) is 20.8. The van der Waals surface area contributed by atoms with Crippen LogP contribution in [0, 0.1) is 0 Å². The van der Waals surface area contributed by atoms with Crippen molar-refractivity contribution in [3.63, 3.8) is 0 Å². The van der Waals surface area contributed by atoms with Gasteiger partial charge in [-0.15, -0.1) is 0 Å². The van der Waals surface area contributed by atoms with Gasteiger partial charge in [-0.05, 0) is 29.3 Å². The lowest BCUT2D eigenvalue weighted by Crippen LogP contribution is -2.16. The van der Waals surface area contributed by atoms with Gasteiger partial charge in [0.25, 0.3) is 0 Å². The number of carbonyl (C=O) groups excluding carboxylic acids is 1. The Bertz CT molecular complexity index is 667. The van der Waals surface area contributed by atoms with Gasteiger partial charge >= 0.3 is 5.97 Å². The molecule has 0 bridgehead atoms. The highest BCUT2D eigenvalue weighted by molar-refractivity contribution is 5.96. The standard InChI is InChI=1S/C16H15NO4/c18-10-11-4-3-6-13(8-11)17-15(19)9-12-5-1-2-7-14(12)16(20)21/h1-8,18H,9-10H2,(H,17,19)(H,20,21). The van der Waals surface area contributed by atoms with Crippen molar-refractivity contribution in [3.8, 4) is 0 Å². The lowest BCUT2D eigenvalue weighted by atomic mass is 10.0. The van der Waals surface area contributed by atoms with Gasteiger partial charge in [0.2, 0.25) is 5.91 Å². The lowest BCUT2D eigenvalue weighted by molar-refractivity contribution is -0.115. The van der Waals surface area contributed by atoms with Crippen LogP contribution < -0.4 is 5.32 Å². The molecule has 0 fully saturated rings. The molecule has 0 saturated carbocycles. The van der Waals surface area contributed by atoms with E-state index in [1.54, 1.807) is 42.5 Å². The Kier molecular flexibility index (Phi) is 4.68. The van der Waals surface area contributed by atoms with Crippen molar-refractivity contribution >= 4 is 17.6 Å². The second-order valence-electron chi connectivity index (χ2n) is 4.55. The largest absolute Gasteiger partial charge is 0.478 e. The van der Waals surface area contributed by atoms with E-state index in [-0.39, 0.29) is 24.5 Å². The van der Waals surface area contributed by atoms with Gasteiger partial charge in [-0.1, -0.05) is 30.3 Å². The van der Waals surface area contributed by atoms with Gasteiger partial charge in [-0.25, -0.2) is 4.79 Å². The molecule has 108 valence electrons. The Labute approximate surface area is 121 Å². The molecular weight excluding hydrogens is 270 g/mol. The van der Waals surface area contributed by atoms with E-state index in [0.29, 0.717) is 16.8 Å². The summed E-state index contributed by atoms with van der Waals surface area (Å²) in [5.41, 5.74) is 1.84. The first kappa shape index (κ1) is 14.7. The number of carbonyl (C=O) groups is 2. The topological polar surface area (TPSA) is 86.6 Å². The van der Waals surface area contributed by atoms with Crippen molar-refractivity contribution in [2.24, 2.45) is 0 Å². The van der Waals surface area contributed by atoms with Crippen LogP contribution in [0.5, 0.6) is 0 Å². The number of nitrogens with one attached hydrogen (secondary N) is 1. The average molecular weight is 285 g/mol. The number of rotatable bonds is 5. The smallest absolute Gasteiger partial charge is 0.335 e. The van der Waals surface area contributed by atoms with E-state index < -0.39 is 5.97 Å². The number of aliphatic hydroxyl groups is 1. The van der Waals surface area contributed by atoms with Gasteiger partial charge in [0.15, 0.2) is 0 Å². The number of carboxylic acid groups (broad SMARTS) is 1. The molecule has 0 saturated heterocycles. The fourth-order valence-electron chi connectivity index (χ4n) is 2.01. The summed E-state index contributed by atoms with van der Waals surface area (Å²) in [5.74, 6) is -1.36. The molecule has 0 aliphatic heterocycles. The summed E-state index contributed by atoms with van der Waals surface area (Å²) >= 11 is 0. The third-order valence-electron chi connectivity index (χ3n) is 2.99. The second kappa shape index (κ2) is 6.67. The Morgan fingerprint density at radius 3 is 2.52 bits per heavy atom. The maximum Gasteiger partial charge on any atom is 0.335 e. The van der Waals surface area contributed by atoms with Crippen LogP contribution in [0.25, 0.3) is 0 Å². The Morgan fingerprint density at radius 1 is 1.05 bits per heavy atom. The first-order chi connectivity index (χ1) is 10.1. The minimum Gasteiger partial charge on any atom is -0.478 e. The molecule has 0 radical (unpaired) electrons. The third-order valence-corrected chi connectivity index (χ3v) is 2.99. The van der Waals surface area contributed by atoms with Gasteiger partial charge < -0.3 is 15.5 Å². The Hall–Kier alpha value is -2.66. The molecule has 2 rings (SSSR count). The molecule has 0 atom stereocenters. The van der Waals surface area contributed by atoms with Crippen LogP contribution >= 0.6 is 0 Å². The Morgan fingerprint density at radius 2 is 1.81 bits per heavy atom. The highest BCUT2D eigenvalue weighted by atomic mass is 16.4. The predicted molar refractivity (Wildman–Crippen MR) is 78.1 cm³/mol. The van der Waals surface area contributed by atoms with Gasteiger partial charge in [-0.2, -0.15) is 0 Å². The highest BCUT2D eigenvalue weighted by Crippen LogP contribution is 2.13. The molecule has 0 aliphatic rings. The van der Waals surface area contributed by atoms with Crippen molar-refractivity contribution in [2.75, 3.05) is 5.32 Å². The molecule has 5 nitrogen and oxygen atoms in total. The van der Waals surface area contributed by atoms with E-state index >= 15 is 0 Å². The maximum atomic E-state index is 12.0. The van der Waals surface area contributed by atoms with Gasteiger partial charge in [0, 0.05) is 5.69 Å². The van der Waals surface area contributed by atoms with E-state index in [1.807, 2.05) is 0 Å². The van der Waals surface area contributed by atoms with Gasteiger partial charge in [0.1, 0.15) is 0 Å². The van der Waals surface area contributed by atoms with E-state index in [0.717, 1.165) is 0 Å². The Balaban J connectivity index is 2.10. The minimum absolute atomic E-state index is 0.0220. The van der Waals surface area contributed by atoms with Crippen molar-refractivity contribution in [1.82, 2.24) is 0 Å². The summed E-state index contributed by atoms with van der Waals surface area (Å²) in [4.78, 5) is 23.1. The first-order valence-corrected chi connectivity index (χ1v) is 6.41. The lowest BCUT2D eigenvalue weighted by Gasteiger charge is -2.08. The highest BCUT2D eigenvalue weighted by Gasteiger charge is 2.12. The van der Waals surface area contributed by atoms with Crippen LogP contribution in [0.3, 0.4) is 0 Å². The number of amides is 1. The molecule has 21 heavy (non-hydrogen) atoms. The minimum atomic E-state index is -1.05.